The first-order valence-electron chi connectivity index (χ1n) is 12.3. The highest BCUT2D eigenvalue weighted by Gasteiger charge is 2.64. The number of phenolic OH excluding ortho intramolecular Hbond substituents is 1. The van der Waals surface area contributed by atoms with Crippen LogP contribution in [-0.4, -0.2) is 90.9 Å². The Morgan fingerprint density at radius 2 is 1.89 bits per heavy atom. The number of fused-ring (bicyclic) bond motifs is 3. The van der Waals surface area contributed by atoms with Gasteiger partial charge >= 0.3 is 0 Å². The molecule has 1 aromatic heterocycles. The van der Waals surface area contributed by atoms with Gasteiger partial charge in [0.25, 0.3) is 5.91 Å². The van der Waals surface area contributed by atoms with Gasteiger partial charge in [0.15, 0.2) is 11.4 Å². The number of nitrogens with zero attached hydrogens (tertiary/aromatic N) is 2. The Bertz CT molecular complexity index is 1440. The Morgan fingerprint density at radius 1 is 1.16 bits per heavy atom. The first-order chi connectivity index (χ1) is 18.2. The maximum absolute atomic E-state index is 14.0. The minimum atomic E-state index is -2.67. The van der Waals surface area contributed by atoms with Crippen molar-refractivity contribution in [3.8, 4) is 17.0 Å². The lowest BCUT2D eigenvalue weighted by Crippen LogP contribution is -2.67. The molecule has 7 N–H and O–H groups in total. The number of phenols is 1. The molecule has 2 aromatic rings. The van der Waals surface area contributed by atoms with Crippen LogP contribution in [0.25, 0.3) is 17.0 Å². The van der Waals surface area contributed by atoms with Crippen LogP contribution in [-0.2, 0) is 25.5 Å². The molecule has 0 spiro atoms. The number of nitrogens with one attached hydrogen (secondary N) is 1. The van der Waals surface area contributed by atoms with Crippen LogP contribution in [0.1, 0.15) is 17.5 Å². The maximum atomic E-state index is 14.0. The Morgan fingerprint density at radius 3 is 2.55 bits per heavy atom. The van der Waals surface area contributed by atoms with Crippen LogP contribution in [0.4, 0.5) is 0 Å². The molecule has 0 bridgehead atoms. The Labute approximate surface area is 216 Å². The first-order valence-corrected chi connectivity index (χ1v) is 12.3. The number of ether oxygens (including phenoxy) is 1. The van der Waals surface area contributed by atoms with Crippen molar-refractivity contribution in [1.29, 1.82) is 0 Å². The summed E-state index contributed by atoms with van der Waals surface area (Å²) in [6, 6.07) is 3.67. The first kappa shape index (κ1) is 24.3. The van der Waals surface area contributed by atoms with Crippen molar-refractivity contribution in [1.82, 2.24) is 15.1 Å². The molecule has 0 unspecified atom stereocenters. The summed E-state index contributed by atoms with van der Waals surface area (Å²) in [6.45, 7) is 1.23. The summed E-state index contributed by atoms with van der Waals surface area (Å²) in [5, 5.41) is 51.7. The zero-order valence-electron chi connectivity index (χ0n) is 20.2. The number of amides is 1. The number of Topliss-reactive ketones (excluding diaryl/α,β-unsaturated/α-hetero) is 2. The standard InChI is InChI=1S/C26H26N4O8/c27-25(36)19-22(33)20(30-5-7-38-8-6-30)14-10-11-9-13-12(15-3-4-28-29-15)1-2-16(31)18(13)21(32)17(11)23(34)26(14,37)24(19)35/h1-4,11,14,20,31-32,35,37H,5-10H2,(H2,27,36)(H,28,29)/t11-,14-,20+,26-/m0/s1. The molecule has 1 aliphatic heterocycles. The van der Waals surface area contributed by atoms with Gasteiger partial charge in [-0.25, -0.2) is 0 Å². The number of primary amides is 1. The van der Waals surface area contributed by atoms with E-state index in [1.807, 2.05) is 0 Å². The second-order valence-electron chi connectivity index (χ2n) is 10.1. The molecule has 198 valence electrons. The van der Waals surface area contributed by atoms with Crippen molar-refractivity contribution in [3.63, 3.8) is 0 Å². The van der Waals surface area contributed by atoms with E-state index >= 15 is 0 Å². The molecule has 38 heavy (non-hydrogen) atoms. The van der Waals surface area contributed by atoms with E-state index in [2.05, 4.69) is 10.2 Å². The molecule has 1 saturated carbocycles. The number of aliphatic hydroxyl groups is 3. The summed E-state index contributed by atoms with van der Waals surface area (Å²) in [7, 11) is 0. The smallest absolute Gasteiger partial charge is 0.255 e. The van der Waals surface area contributed by atoms with Crippen molar-refractivity contribution < 1.29 is 39.5 Å². The predicted octanol–water partition coefficient (Wildman–Crippen LogP) is 0.125. The van der Waals surface area contributed by atoms with Crippen molar-refractivity contribution in [3.05, 3.63) is 52.4 Å². The predicted molar refractivity (Wildman–Crippen MR) is 131 cm³/mol. The normalized spacial score (nSPS) is 29.7. The van der Waals surface area contributed by atoms with Crippen molar-refractivity contribution in [2.75, 3.05) is 26.3 Å². The van der Waals surface area contributed by atoms with Crippen LogP contribution in [0.15, 0.2) is 41.3 Å². The fourth-order valence-corrected chi connectivity index (χ4v) is 6.58. The van der Waals surface area contributed by atoms with Gasteiger partial charge in [-0.15, -0.1) is 0 Å². The van der Waals surface area contributed by atoms with Crippen LogP contribution in [0.5, 0.6) is 5.75 Å². The number of aromatic amines is 1. The van der Waals surface area contributed by atoms with Gasteiger partial charge < -0.3 is 30.9 Å². The fourth-order valence-electron chi connectivity index (χ4n) is 6.58. The number of morpholine rings is 1. The second kappa shape index (κ2) is 8.51. The zero-order valence-corrected chi connectivity index (χ0v) is 20.2. The SMILES string of the molecule is NC(=O)C1=C(O)[C@@]2(O)C(=O)C3=C(O)c4c(O)ccc(-c5ccn[nH]5)c4C[C@H]3C[C@H]2[C@@H](N2CCOCC2)C1=O. The summed E-state index contributed by atoms with van der Waals surface area (Å²) in [4.78, 5) is 41.5. The number of carbonyl (C=O) groups excluding carboxylic acids is 3. The number of carbonyl (C=O) groups is 3. The molecule has 4 atom stereocenters. The number of ketones is 2. The van der Waals surface area contributed by atoms with E-state index in [0.717, 1.165) is 0 Å². The minimum absolute atomic E-state index is 0.0308. The number of rotatable bonds is 3. The lowest BCUT2D eigenvalue weighted by molar-refractivity contribution is -0.157. The van der Waals surface area contributed by atoms with Crippen LogP contribution in [0.3, 0.4) is 0 Å². The summed E-state index contributed by atoms with van der Waals surface area (Å²) in [6.07, 6.45) is 1.80. The largest absolute Gasteiger partial charge is 0.508 e. The number of aromatic nitrogens is 2. The van der Waals surface area contributed by atoms with Crippen molar-refractivity contribution in [2.45, 2.75) is 24.5 Å². The van der Waals surface area contributed by atoms with Gasteiger partial charge in [0.2, 0.25) is 5.78 Å². The van der Waals surface area contributed by atoms with Crippen molar-refractivity contribution in [2.24, 2.45) is 17.6 Å². The van der Waals surface area contributed by atoms with E-state index in [1.54, 1.807) is 23.2 Å². The number of hydrogen-bond acceptors (Lipinski definition) is 10. The summed E-state index contributed by atoms with van der Waals surface area (Å²) >= 11 is 0. The third-order valence-corrected chi connectivity index (χ3v) is 8.28. The highest BCUT2D eigenvalue weighted by molar-refractivity contribution is 6.24. The highest BCUT2D eigenvalue weighted by atomic mass is 16.5. The molecule has 12 heteroatoms. The molecular weight excluding hydrogens is 496 g/mol. The zero-order chi connectivity index (χ0) is 26.9. The molecule has 6 rings (SSSR count). The van der Waals surface area contributed by atoms with Gasteiger partial charge in [0, 0.05) is 36.3 Å². The number of aromatic hydroxyl groups is 1. The van der Waals surface area contributed by atoms with E-state index < -0.39 is 58.0 Å². The highest BCUT2D eigenvalue weighted by Crippen LogP contribution is 2.53. The summed E-state index contributed by atoms with van der Waals surface area (Å²) < 4.78 is 5.39. The van der Waals surface area contributed by atoms with Gasteiger partial charge in [-0.1, -0.05) is 0 Å². The van der Waals surface area contributed by atoms with Gasteiger partial charge in [-0.05, 0) is 42.5 Å². The van der Waals surface area contributed by atoms with Gasteiger partial charge in [-0.3, -0.25) is 24.4 Å². The van der Waals surface area contributed by atoms with E-state index in [9.17, 15) is 34.8 Å². The fraction of sp³-hybridized carbons (Fsp3) is 0.385. The minimum Gasteiger partial charge on any atom is -0.508 e. The molecular formula is C26H26N4O8. The topological polar surface area (TPSA) is 199 Å². The molecule has 4 aliphatic rings. The molecule has 1 aromatic carbocycles. The molecule has 1 saturated heterocycles. The van der Waals surface area contributed by atoms with Crippen LogP contribution in [0, 0.1) is 11.8 Å². The average Bonchev–Trinajstić information content (AvgIpc) is 3.41. The number of nitrogens with two attached hydrogens (primary N) is 1. The van der Waals surface area contributed by atoms with E-state index in [1.165, 1.54) is 6.07 Å². The number of hydrogen-bond donors (Lipinski definition) is 6. The summed E-state index contributed by atoms with van der Waals surface area (Å²) in [5.74, 6) is -6.73. The third-order valence-electron chi connectivity index (χ3n) is 8.28. The van der Waals surface area contributed by atoms with E-state index in [0.29, 0.717) is 43.1 Å². The molecule has 2 heterocycles. The Hall–Kier alpha value is -4.00. The molecule has 2 fully saturated rings. The second-order valence-corrected chi connectivity index (χ2v) is 10.1. The number of benzene rings is 1. The molecule has 3 aliphatic carbocycles. The van der Waals surface area contributed by atoms with Gasteiger partial charge in [0.05, 0.1) is 30.5 Å². The Balaban J connectivity index is 1.55. The number of aliphatic hydroxyl groups excluding tert-OH is 2. The molecule has 12 nitrogen and oxygen atoms in total. The monoisotopic (exact) mass is 522 g/mol. The molecule has 0 radical (unpaired) electrons. The quantitative estimate of drug-likeness (QED) is 0.301. The van der Waals surface area contributed by atoms with Crippen LogP contribution < -0.4 is 5.73 Å². The van der Waals surface area contributed by atoms with Gasteiger partial charge in [0.1, 0.15) is 22.8 Å². The number of H-pyrrole nitrogens is 1. The van der Waals surface area contributed by atoms with Gasteiger partial charge in [-0.2, -0.15) is 5.10 Å². The van der Waals surface area contributed by atoms with E-state index in [-0.39, 0.29) is 29.7 Å². The average molecular weight is 523 g/mol. The lowest BCUT2D eigenvalue weighted by Gasteiger charge is -2.51. The van der Waals surface area contributed by atoms with E-state index in [4.69, 9.17) is 10.5 Å². The third kappa shape index (κ3) is 3.20. The van der Waals surface area contributed by atoms with Crippen molar-refractivity contribution >= 4 is 23.2 Å². The molecule has 1 amide bonds. The van der Waals surface area contributed by atoms with Crippen LogP contribution in [0.2, 0.25) is 0 Å². The maximum Gasteiger partial charge on any atom is 0.255 e. The Kier molecular flexibility index (Phi) is 5.45. The van der Waals surface area contributed by atoms with Crippen LogP contribution >= 0.6 is 0 Å². The summed E-state index contributed by atoms with van der Waals surface area (Å²) in [5.41, 5.74) is 3.66. The lowest BCUT2D eigenvalue weighted by atomic mass is 9.57.